The first-order valence-corrected chi connectivity index (χ1v) is 7.42. The van der Waals surface area contributed by atoms with Crippen molar-refractivity contribution in [3.05, 3.63) is 59.3 Å². The lowest BCUT2D eigenvalue weighted by Crippen LogP contribution is -2.16. The molecule has 0 radical (unpaired) electrons. The van der Waals surface area contributed by atoms with Gasteiger partial charge in [-0.25, -0.2) is 9.37 Å². The van der Waals surface area contributed by atoms with Crippen LogP contribution in [0.15, 0.2) is 46.2 Å². The highest BCUT2D eigenvalue weighted by atomic mass is 19.1. The summed E-state index contributed by atoms with van der Waals surface area (Å²) < 4.78 is 19.3. The minimum absolute atomic E-state index is 0.0659. The maximum Gasteiger partial charge on any atom is 0.299 e. The van der Waals surface area contributed by atoms with Crippen molar-refractivity contribution < 1.29 is 14.0 Å². The number of oxime groups is 1. The van der Waals surface area contributed by atoms with Gasteiger partial charge in [-0.2, -0.15) is 0 Å². The third-order valence-electron chi connectivity index (χ3n) is 3.64. The van der Waals surface area contributed by atoms with Gasteiger partial charge in [0.25, 0.3) is 6.01 Å². The van der Waals surface area contributed by atoms with Gasteiger partial charge in [0.15, 0.2) is 11.6 Å². The van der Waals surface area contributed by atoms with E-state index in [0.717, 1.165) is 0 Å². The normalized spacial score (nSPS) is 11.6. The molecule has 25 heavy (non-hydrogen) atoms. The van der Waals surface area contributed by atoms with Crippen LogP contribution in [0.25, 0.3) is 11.3 Å². The molecule has 4 N–H and O–H groups in total. The molecule has 0 atom stereocenters. The van der Waals surface area contributed by atoms with Gasteiger partial charge in [-0.1, -0.05) is 17.3 Å². The second-order valence-corrected chi connectivity index (χ2v) is 5.49. The predicted octanol–water partition coefficient (Wildman–Crippen LogP) is 3.33. The SMILES string of the molecule is Cc1ccc(-c2cnc(Nc3cnc(/C(N)=N/O)c(C)c3)o2)cc1F. The quantitative estimate of drug-likeness (QED) is 0.291. The van der Waals surface area contributed by atoms with E-state index in [0.29, 0.717) is 33.8 Å². The highest BCUT2D eigenvalue weighted by molar-refractivity contribution is 5.96. The second kappa shape index (κ2) is 6.60. The maximum atomic E-state index is 13.7. The van der Waals surface area contributed by atoms with E-state index in [1.54, 1.807) is 32.0 Å². The minimum atomic E-state index is -0.304. The van der Waals surface area contributed by atoms with E-state index < -0.39 is 0 Å². The van der Waals surface area contributed by atoms with Crippen LogP contribution in [0, 0.1) is 19.7 Å². The lowest BCUT2D eigenvalue weighted by atomic mass is 10.1. The molecular weight excluding hydrogens is 325 g/mol. The fraction of sp³-hybridized carbons (Fsp3) is 0.118. The molecule has 0 spiro atoms. The van der Waals surface area contributed by atoms with Crippen LogP contribution in [0.5, 0.6) is 0 Å². The zero-order valence-electron chi connectivity index (χ0n) is 13.6. The number of nitrogens with one attached hydrogen (secondary N) is 1. The molecule has 2 heterocycles. The van der Waals surface area contributed by atoms with E-state index in [1.165, 1.54) is 18.5 Å². The Bertz CT molecular complexity index is 952. The Morgan fingerprint density at radius 3 is 2.68 bits per heavy atom. The van der Waals surface area contributed by atoms with Gasteiger partial charge in [0.2, 0.25) is 0 Å². The predicted molar refractivity (Wildman–Crippen MR) is 91.4 cm³/mol. The highest BCUT2D eigenvalue weighted by Gasteiger charge is 2.11. The summed E-state index contributed by atoms with van der Waals surface area (Å²) in [5.41, 5.74) is 8.43. The molecule has 3 rings (SSSR count). The standard InChI is InChI=1S/C17H16FN5O2/c1-9-3-4-11(6-13(9)18)14-8-21-17(25-14)22-12-5-10(2)15(20-7-12)16(19)23-24/h3-8,24H,1-2H3,(H2,19,23)(H,21,22). The fourth-order valence-electron chi connectivity index (χ4n) is 2.29. The van der Waals surface area contributed by atoms with Crippen molar-refractivity contribution in [1.82, 2.24) is 9.97 Å². The van der Waals surface area contributed by atoms with Gasteiger partial charge in [0.1, 0.15) is 11.5 Å². The summed E-state index contributed by atoms with van der Waals surface area (Å²) in [6.07, 6.45) is 3.02. The van der Waals surface area contributed by atoms with Crippen molar-refractivity contribution in [3.8, 4) is 11.3 Å². The molecule has 0 saturated heterocycles. The van der Waals surface area contributed by atoms with Crippen molar-refractivity contribution in [2.45, 2.75) is 13.8 Å². The maximum absolute atomic E-state index is 13.7. The first-order chi connectivity index (χ1) is 12.0. The van der Waals surface area contributed by atoms with Crippen LogP contribution in [0.1, 0.15) is 16.8 Å². The van der Waals surface area contributed by atoms with Crippen molar-refractivity contribution >= 4 is 17.5 Å². The number of halogens is 1. The average Bonchev–Trinajstić information content (AvgIpc) is 3.05. The first kappa shape index (κ1) is 16.4. The summed E-state index contributed by atoms with van der Waals surface area (Å²) in [4.78, 5) is 8.26. The zero-order chi connectivity index (χ0) is 18.0. The number of rotatable bonds is 4. The molecule has 0 aliphatic heterocycles. The summed E-state index contributed by atoms with van der Waals surface area (Å²) >= 11 is 0. The third kappa shape index (κ3) is 3.42. The zero-order valence-corrected chi connectivity index (χ0v) is 13.6. The molecule has 0 unspecified atom stereocenters. The van der Waals surface area contributed by atoms with E-state index in [4.69, 9.17) is 15.4 Å². The van der Waals surface area contributed by atoms with Crippen LogP contribution in [-0.4, -0.2) is 21.0 Å². The lowest BCUT2D eigenvalue weighted by Gasteiger charge is -2.06. The van der Waals surface area contributed by atoms with Crippen LogP contribution in [0.4, 0.5) is 16.1 Å². The van der Waals surface area contributed by atoms with Crippen LogP contribution in [0.3, 0.4) is 0 Å². The Labute approximate surface area is 143 Å². The molecule has 0 amide bonds. The van der Waals surface area contributed by atoms with Crippen molar-refractivity contribution in [2.75, 3.05) is 5.32 Å². The number of amidine groups is 1. The lowest BCUT2D eigenvalue weighted by molar-refractivity contribution is 0.318. The third-order valence-corrected chi connectivity index (χ3v) is 3.64. The largest absolute Gasteiger partial charge is 0.423 e. The number of anilines is 2. The molecule has 128 valence electrons. The van der Waals surface area contributed by atoms with E-state index in [2.05, 4.69) is 20.4 Å². The van der Waals surface area contributed by atoms with Crippen LogP contribution in [-0.2, 0) is 0 Å². The molecular formula is C17H16FN5O2. The fourth-order valence-corrected chi connectivity index (χ4v) is 2.29. The molecule has 7 nitrogen and oxygen atoms in total. The Hall–Kier alpha value is -3.42. The van der Waals surface area contributed by atoms with Crippen molar-refractivity contribution in [3.63, 3.8) is 0 Å². The Kier molecular flexibility index (Phi) is 4.34. The Balaban J connectivity index is 1.82. The van der Waals surface area contributed by atoms with Gasteiger partial charge in [0.05, 0.1) is 18.1 Å². The summed E-state index contributed by atoms with van der Waals surface area (Å²) in [7, 11) is 0. The van der Waals surface area contributed by atoms with Gasteiger partial charge >= 0.3 is 0 Å². The monoisotopic (exact) mass is 341 g/mol. The van der Waals surface area contributed by atoms with E-state index in [9.17, 15) is 4.39 Å². The molecule has 3 aromatic rings. The van der Waals surface area contributed by atoms with E-state index in [1.807, 2.05) is 0 Å². The van der Waals surface area contributed by atoms with Crippen molar-refractivity contribution in [1.29, 1.82) is 0 Å². The summed E-state index contributed by atoms with van der Waals surface area (Å²) in [5.74, 6) is 0.0742. The average molecular weight is 341 g/mol. The first-order valence-electron chi connectivity index (χ1n) is 7.42. The summed E-state index contributed by atoms with van der Waals surface area (Å²) in [5, 5.41) is 14.6. The van der Waals surface area contributed by atoms with Gasteiger partial charge in [-0.15, -0.1) is 0 Å². The topological polar surface area (TPSA) is 110 Å². The van der Waals surface area contributed by atoms with Gasteiger partial charge in [0, 0.05) is 5.56 Å². The van der Waals surface area contributed by atoms with Crippen LogP contribution >= 0.6 is 0 Å². The number of hydrogen-bond donors (Lipinski definition) is 3. The minimum Gasteiger partial charge on any atom is -0.423 e. The Morgan fingerprint density at radius 2 is 2.00 bits per heavy atom. The molecule has 1 aromatic carbocycles. The van der Waals surface area contributed by atoms with Gasteiger partial charge < -0.3 is 20.7 Å². The molecule has 0 fully saturated rings. The number of oxazole rings is 1. The molecule has 0 saturated carbocycles. The number of nitrogens with zero attached hydrogens (tertiary/aromatic N) is 3. The Morgan fingerprint density at radius 1 is 1.20 bits per heavy atom. The smallest absolute Gasteiger partial charge is 0.299 e. The van der Waals surface area contributed by atoms with E-state index >= 15 is 0 Å². The van der Waals surface area contributed by atoms with Crippen LogP contribution < -0.4 is 11.1 Å². The van der Waals surface area contributed by atoms with Gasteiger partial charge in [-0.05, 0) is 37.1 Å². The van der Waals surface area contributed by atoms with Crippen molar-refractivity contribution in [2.24, 2.45) is 10.9 Å². The number of nitrogens with two attached hydrogens (primary N) is 1. The molecule has 0 aliphatic carbocycles. The second-order valence-electron chi connectivity index (χ2n) is 5.49. The molecule has 2 aromatic heterocycles. The summed E-state index contributed by atoms with van der Waals surface area (Å²) in [6.45, 7) is 3.47. The number of benzene rings is 1. The number of aromatic nitrogens is 2. The number of hydrogen-bond acceptors (Lipinski definition) is 6. The van der Waals surface area contributed by atoms with E-state index in [-0.39, 0.29) is 17.7 Å². The number of pyridine rings is 1. The summed E-state index contributed by atoms with van der Waals surface area (Å²) in [6, 6.07) is 6.85. The molecule has 0 bridgehead atoms. The molecule has 8 heteroatoms. The van der Waals surface area contributed by atoms with Crippen LogP contribution in [0.2, 0.25) is 0 Å². The highest BCUT2D eigenvalue weighted by Crippen LogP contribution is 2.26. The number of aryl methyl sites for hydroxylation is 2. The molecule has 0 aliphatic rings. The van der Waals surface area contributed by atoms with Gasteiger partial charge in [-0.3, -0.25) is 4.98 Å².